The summed E-state index contributed by atoms with van der Waals surface area (Å²) in [6, 6.07) is 8.11. The van der Waals surface area contributed by atoms with Crippen LogP contribution >= 0.6 is 0 Å². The number of hydrogen-bond acceptors (Lipinski definition) is 4. The summed E-state index contributed by atoms with van der Waals surface area (Å²) in [7, 11) is 0. The smallest absolute Gasteiger partial charge is 0.250 e. The average Bonchev–Trinajstić information content (AvgIpc) is 2.95. The topological polar surface area (TPSA) is 50.8 Å². The van der Waals surface area contributed by atoms with Gasteiger partial charge in [0.15, 0.2) is 0 Å². The third-order valence-electron chi connectivity index (χ3n) is 4.66. The maximum atomic E-state index is 12.0. The molecule has 1 aromatic carbocycles. The minimum Gasteiger partial charge on any atom is -0.376 e. The van der Waals surface area contributed by atoms with Gasteiger partial charge in [-0.2, -0.15) is 0 Å². The highest BCUT2D eigenvalue weighted by Crippen LogP contribution is 2.22. The maximum absolute atomic E-state index is 12.0. The summed E-state index contributed by atoms with van der Waals surface area (Å²) in [4.78, 5) is 14.5. The van der Waals surface area contributed by atoms with Crippen LogP contribution in [0.2, 0.25) is 0 Å². The number of carbonyl (C=O) groups excluding carboxylic acids is 1. The summed E-state index contributed by atoms with van der Waals surface area (Å²) in [5.74, 6) is -0.110. The van der Waals surface area contributed by atoms with Crippen LogP contribution in [-0.4, -0.2) is 44.9 Å². The molecule has 0 bridgehead atoms. The van der Waals surface area contributed by atoms with Gasteiger partial charge in [0.2, 0.25) is 5.91 Å². The van der Waals surface area contributed by atoms with Gasteiger partial charge in [-0.15, -0.1) is 0 Å². The van der Waals surface area contributed by atoms with Crippen LogP contribution in [0, 0.1) is 0 Å². The van der Waals surface area contributed by atoms with Crippen molar-refractivity contribution < 1.29 is 14.3 Å². The molecule has 24 heavy (non-hydrogen) atoms. The molecule has 0 unspecified atom stereocenters. The van der Waals surface area contributed by atoms with E-state index in [0.717, 1.165) is 38.2 Å². The van der Waals surface area contributed by atoms with E-state index in [1.165, 1.54) is 31.4 Å². The molecule has 0 saturated carbocycles. The Balaban J connectivity index is 1.47. The highest BCUT2D eigenvalue weighted by molar-refractivity contribution is 5.92. The van der Waals surface area contributed by atoms with Gasteiger partial charge in [-0.1, -0.05) is 18.9 Å². The highest BCUT2D eigenvalue weighted by atomic mass is 16.5. The van der Waals surface area contributed by atoms with Gasteiger partial charge in [0.05, 0.1) is 12.7 Å². The van der Waals surface area contributed by atoms with Gasteiger partial charge in [-0.25, -0.2) is 0 Å². The number of benzene rings is 1. The molecule has 2 fully saturated rings. The van der Waals surface area contributed by atoms with Crippen LogP contribution in [0.4, 0.5) is 11.4 Å². The van der Waals surface area contributed by atoms with Gasteiger partial charge >= 0.3 is 0 Å². The molecule has 0 radical (unpaired) electrons. The molecule has 5 nitrogen and oxygen atoms in total. The Morgan fingerprint density at radius 3 is 2.79 bits per heavy atom. The Bertz CT molecular complexity index is 521. The summed E-state index contributed by atoms with van der Waals surface area (Å²) < 4.78 is 11.0. The van der Waals surface area contributed by atoms with Crippen LogP contribution in [0.15, 0.2) is 24.3 Å². The van der Waals surface area contributed by atoms with E-state index in [2.05, 4.69) is 22.3 Å². The van der Waals surface area contributed by atoms with Crippen molar-refractivity contribution in [2.75, 3.05) is 43.1 Å². The Morgan fingerprint density at radius 2 is 2.04 bits per heavy atom. The number of rotatable bonds is 6. The third-order valence-corrected chi connectivity index (χ3v) is 4.66. The van der Waals surface area contributed by atoms with E-state index in [0.29, 0.717) is 6.61 Å². The van der Waals surface area contributed by atoms with Crippen molar-refractivity contribution in [2.24, 2.45) is 0 Å². The van der Waals surface area contributed by atoms with Crippen molar-refractivity contribution in [1.82, 2.24) is 0 Å². The van der Waals surface area contributed by atoms with Crippen molar-refractivity contribution in [3.63, 3.8) is 0 Å². The monoisotopic (exact) mass is 332 g/mol. The number of hydrogen-bond donors (Lipinski definition) is 1. The summed E-state index contributed by atoms with van der Waals surface area (Å²) in [5, 5.41) is 2.93. The van der Waals surface area contributed by atoms with E-state index in [1.807, 2.05) is 12.1 Å². The van der Waals surface area contributed by atoms with Crippen molar-refractivity contribution >= 4 is 17.3 Å². The molecule has 5 heteroatoms. The predicted molar refractivity (Wildman–Crippen MR) is 95.5 cm³/mol. The van der Waals surface area contributed by atoms with Gasteiger partial charge in [0.1, 0.15) is 6.61 Å². The molecule has 0 aliphatic carbocycles. The van der Waals surface area contributed by atoms with Crippen LogP contribution in [0.5, 0.6) is 0 Å². The molecule has 1 amide bonds. The molecular formula is C19H28N2O3. The summed E-state index contributed by atoms with van der Waals surface area (Å²) in [6.45, 7) is 3.59. The zero-order valence-corrected chi connectivity index (χ0v) is 14.3. The van der Waals surface area contributed by atoms with Gasteiger partial charge < -0.3 is 19.7 Å². The number of carbonyl (C=O) groups is 1. The minimum atomic E-state index is -0.110. The normalized spacial score (nSPS) is 21.5. The van der Waals surface area contributed by atoms with Crippen molar-refractivity contribution in [1.29, 1.82) is 0 Å². The molecular weight excluding hydrogens is 304 g/mol. The second-order valence-electron chi connectivity index (χ2n) is 6.65. The molecule has 2 heterocycles. The van der Waals surface area contributed by atoms with E-state index in [4.69, 9.17) is 9.47 Å². The van der Waals surface area contributed by atoms with Gasteiger partial charge in [-0.05, 0) is 43.9 Å². The molecule has 1 N–H and O–H groups in total. The first kappa shape index (κ1) is 17.2. The summed E-state index contributed by atoms with van der Waals surface area (Å²) in [5.41, 5.74) is 2.03. The number of nitrogens with zero attached hydrogens (tertiary/aromatic N) is 1. The van der Waals surface area contributed by atoms with Crippen molar-refractivity contribution in [2.45, 2.75) is 44.6 Å². The Morgan fingerprint density at radius 1 is 1.21 bits per heavy atom. The van der Waals surface area contributed by atoms with E-state index in [9.17, 15) is 4.79 Å². The van der Waals surface area contributed by atoms with Crippen LogP contribution in [-0.2, 0) is 14.3 Å². The number of nitrogens with one attached hydrogen (secondary N) is 1. The fraction of sp³-hybridized carbons (Fsp3) is 0.632. The molecule has 132 valence electrons. The second kappa shape index (κ2) is 9.04. The lowest BCUT2D eigenvalue weighted by atomic mass is 10.2. The standard InChI is InChI=1S/C19H28N2O3/c22-19(15-23-14-18-9-6-12-24-18)20-16-7-5-8-17(13-16)21-10-3-1-2-4-11-21/h5,7-8,13,18H,1-4,6,9-12,14-15H2,(H,20,22)/t18-/m1/s1. The van der Waals surface area contributed by atoms with Crippen molar-refractivity contribution in [3.05, 3.63) is 24.3 Å². The molecule has 2 aliphatic heterocycles. The quantitative estimate of drug-likeness (QED) is 0.869. The predicted octanol–water partition coefficient (Wildman–Crippen LogP) is 3.20. The summed E-state index contributed by atoms with van der Waals surface area (Å²) >= 11 is 0. The first-order valence-corrected chi connectivity index (χ1v) is 9.15. The Hall–Kier alpha value is -1.59. The fourth-order valence-electron chi connectivity index (χ4n) is 3.37. The fourth-order valence-corrected chi connectivity index (χ4v) is 3.37. The maximum Gasteiger partial charge on any atom is 0.250 e. The van der Waals surface area contributed by atoms with Gasteiger partial charge in [0.25, 0.3) is 0 Å². The molecule has 3 rings (SSSR count). The van der Waals surface area contributed by atoms with Crippen LogP contribution in [0.25, 0.3) is 0 Å². The lowest BCUT2D eigenvalue weighted by molar-refractivity contribution is -0.121. The summed E-state index contributed by atoms with van der Waals surface area (Å²) in [6.07, 6.45) is 7.39. The van der Waals surface area contributed by atoms with E-state index in [1.54, 1.807) is 0 Å². The SMILES string of the molecule is O=C(COC[C@H]1CCCO1)Nc1cccc(N2CCCCCC2)c1. The van der Waals surface area contributed by atoms with Crippen LogP contribution < -0.4 is 10.2 Å². The van der Waals surface area contributed by atoms with E-state index < -0.39 is 0 Å². The van der Waals surface area contributed by atoms with Crippen LogP contribution in [0.3, 0.4) is 0 Å². The third kappa shape index (κ3) is 5.21. The average molecular weight is 332 g/mol. The first-order chi connectivity index (χ1) is 11.8. The Kier molecular flexibility index (Phi) is 6.49. The van der Waals surface area contributed by atoms with Gasteiger partial charge in [0, 0.05) is 31.1 Å². The first-order valence-electron chi connectivity index (χ1n) is 9.15. The zero-order chi connectivity index (χ0) is 16.6. The van der Waals surface area contributed by atoms with Crippen molar-refractivity contribution in [3.8, 4) is 0 Å². The second-order valence-corrected chi connectivity index (χ2v) is 6.65. The minimum absolute atomic E-state index is 0.0772. The molecule has 1 aromatic rings. The highest BCUT2D eigenvalue weighted by Gasteiger charge is 2.16. The number of ether oxygens (including phenoxy) is 2. The molecule has 0 aromatic heterocycles. The zero-order valence-electron chi connectivity index (χ0n) is 14.3. The van der Waals surface area contributed by atoms with Crippen LogP contribution in [0.1, 0.15) is 38.5 Å². The lowest BCUT2D eigenvalue weighted by Crippen LogP contribution is -2.24. The van der Waals surface area contributed by atoms with E-state index >= 15 is 0 Å². The molecule has 1 atom stereocenters. The molecule has 0 spiro atoms. The largest absolute Gasteiger partial charge is 0.376 e. The number of amides is 1. The lowest BCUT2D eigenvalue weighted by Gasteiger charge is -2.23. The Labute approximate surface area is 144 Å². The molecule has 2 aliphatic rings. The van der Waals surface area contributed by atoms with E-state index in [-0.39, 0.29) is 18.6 Å². The van der Waals surface area contributed by atoms with Gasteiger partial charge in [-0.3, -0.25) is 4.79 Å². The number of anilines is 2. The molecule has 2 saturated heterocycles.